The number of fused-ring (bicyclic) bond motifs is 1. The minimum atomic E-state index is -1.24. The number of nitrogens with two attached hydrogens (primary N) is 2. The fourth-order valence-electron chi connectivity index (χ4n) is 6.22. The van der Waals surface area contributed by atoms with E-state index in [2.05, 4.69) is 42.3 Å². The number of methoxy groups -OCH3 is 2. The van der Waals surface area contributed by atoms with Crippen molar-refractivity contribution in [3.05, 3.63) is 48.3 Å². The van der Waals surface area contributed by atoms with Crippen molar-refractivity contribution >= 4 is 28.4 Å². The Labute approximate surface area is 235 Å². The molecule has 0 radical (unpaired) electrons. The molecule has 1 saturated heterocycles. The largest absolute Gasteiger partial charge is 0.493 e. The third kappa shape index (κ3) is 5.00. The average molecular weight is 546 g/mol. The van der Waals surface area contributed by atoms with Gasteiger partial charge in [-0.25, -0.2) is 20.0 Å². The molecule has 0 amide bonds. The number of hydrogen-bond acceptors (Lipinski definition) is 11. The zero-order valence-corrected chi connectivity index (χ0v) is 23.3. The van der Waals surface area contributed by atoms with Crippen molar-refractivity contribution in [3.8, 4) is 11.5 Å². The van der Waals surface area contributed by atoms with Crippen LogP contribution in [0.2, 0.25) is 0 Å². The summed E-state index contributed by atoms with van der Waals surface area (Å²) in [6.07, 6.45) is 9.73. The van der Waals surface area contributed by atoms with Gasteiger partial charge in [0, 0.05) is 54.9 Å². The van der Waals surface area contributed by atoms with Crippen LogP contribution in [0.15, 0.2) is 47.7 Å². The SMILES string of the molecule is COc1cc2ncnc(N3NC(N)(c4ccc(N5CCN(C6CCCCCC6)CC5)cc4)N=C3N)c2cc1OC. The number of guanidine groups is 1. The van der Waals surface area contributed by atoms with Gasteiger partial charge in [-0.05, 0) is 31.0 Å². The highest BCUT2D eigenvalue weighted by molar-refractivity contribution is 6.03. The van der Waals surface area contributed by atoms with Crippen LogP contribution in [0, 0.1) is 0 Å². The fourth-order valence-corrected chi connectivity index (χ4v) is 6.22. The Hall–Kier alpha value is -3.67. The first-order valence-corrected chi connectivity index (χ1v) is 14.2. The topological polar surface area (TPSA) is 130 Å². The van der Waals surface area contributed by atoms with Gasteiger partial charge < -0.3 is 20.1 Å². The summed E-state index contributed by atoms with van der Waals surface area (Å²) in [5.41, 5.74) is 19.1. The molecule has 3 aromatic rings. The van der Waals surface area contributed by atoms with Crippen LogP contribution in [-0.2, 0) is 5.79 Å². The second-order valence-corrected chi connectivity index (χ2v) is 10.8. The number of aliphatic imine (C=N–C) groups is 1. The number of hydrogen-bond donors (Lipinski definition) is 3. The van der Waals surface area contributed by atoms with Crippen LogP contribution in [0.1, 0.15) is 44.1 Å². The van der Waals surface area contributed by atoms with E-state index in [1.807, 2.05) is 18.2 Å². The van der Waals surface area contributed by atoms with E-state index < -0.39 is 5.79 Å². The third-order valence-corrected chi connectivity index (χ3v) is 8.46. The first-order valence-electron chi connectivity index (χ1n) is 14.2. The molecule has 1 atom stereocenters. The third-order valence-electron chi connectivity index (χ3n) is 8.46. The van der Waals surface area contributed by atoms with Gasteiger partial charge in [-0.15, -0.1) is 0 Å². The van der Waals surface area contributed by atoms with Gasteiger partial charge in [0.05, 0.1) is 19.7 Å². The van der Waals surface area contributed by atoms with Gasteiger partial charge >= 0.3 is 0 Å². The molecule has 0 bridgehead atoms. The molecular formula is C29H39N9O2. The summed E-state index contributed by atoms with van der Waals surface area (Å²) in [6, 6.07) is 12.7. The van der Waals surface area contributed by atoms with Gasteiger partial charge in [-0.3, -0.25) is 10.6 Å². The van der Waals surface area contributed by atoms with Gasteiger partial charge in [0.1, 0.15) is 6.33 Å². The van der Waals surface area contributed by atoms with Crippen LogP contribution in [-0.4, -0.2) is 67.3 Å². The first kappa shape index (κ1) is 26.5. The molecule has 1 aromatic heterocycles. The van der Waals surface area contributed by atoms with Gasteiger partial charge in [0.2, 0.25) is 11.7 Å². The fraction of sp³-hybridized carbons (Fsp3) is 0.483. The molecule has 1 aliphatic carbocycles. The van der Waals surface area contributed by atoms with Crippen LogP contribution < -0.4 is 36.3 Å². The van der Waals surface area contributed by atoms with Crippen LogP contribution in [0.5, 0.6) is 11.5 Å². The van der Waals surface area contributed by atoms with Crippen LogP contribution in [0.25, 0.3) is 10.9 Å². The van der Waals surface area contributed by atoms with E-state index >= 15 is 0 Å². The summed E-state index contributed by atoms with van der Waals surface area (Å²) in [6.45, 7) is 4.31. The van der Waals surface area contributed by atoms with Crippen molar-refractivity contribution in [1.29, 1.82) is 0 Å². The number of piperazine rings is 1. The molecule has 6 rings (SSSR count). The van der Waals surface area contributed by atoms with Gasteiger partial charge in [-0.2, -0.15) is 5.43 Å². The average Bonchev–Trinajstić information content (AvgIpc) is 3.14. The molecule has 2 aliphatic heterocycles. The maximum absolute atomic E-state index is 6.76. The maximum atomic E-state index is 6.76. The standard InChI is InChI=1S/C29H39N9O2/c1-39-25-17-23-24(18-26(25)40-2)32-19-33-27(23)38-28(30)34-29(31,35-38)20-9-11-22(12-10-20)37-15-13-36(14-16-37)21-7-5-3-4-6-8-21/h9-12,17-19,21,35H,3-8,13-16,31H2,1-2H3,(H2,30,34). The smallest absolute Gasteiger partial charge is 0.215 e. The van der Waals surface area contributed by atoms with Crippen molar-refractivity contribution in [1.82, 2.24) is 20.3 Å². The van der Waals surface area contributed by atoms with E-state index in [-0.39, 0.29) is 5.96 Å². The Bertz CT molecular complexity index is 1370. The summed E-state index contributed by atoms with van der Waals surface area (Å²) in [5, 5.41) is 2.31. The number of anilines is 2. The summed E-state index contributed by atoms with van der Waals surface area (Å²) >= 11 is 0. The zero-order chi connectivity index (χ0) is 27.7. The molecule has 5 N–H and O–H groups in total. The number of rotatable bonds is 6. The van der Waals surface area contributed by atoms with E-state index in [0.29, 0.717) is 28.2 Å². The number of ether oxygens (including phenoxy) is 2. The summed E-state index contributed by atoms with van der Waals surface area (Å²) in [5.74, 6) is 0.619. The molecular weight excluding hydrogens is 506 g/mol. The quantitative estimate of drug-likeness (QED) is 0.398. The molecule has 0 spiro atoms. The molecule has 40 heavy (non-hydrogen) atoms. The number of nitrogens with one attached hydrogen (secondary N) is 1. The lowest BCUT2D eigenvalue weighted by molar-refractivity contribution is 0.169. The van der Waals surface area contributed by atoms with Gasteiger partial charge in [-0.1, -0.05) is 37.8 Å². The van der Waals surface area contributed by atoms with Crippen molar-refractivity contribution in [2.45, 2.75) is 50.4 Å². The normalized spacial score (nSPS) is 22.8. The Morgan fingerprint density at radius 3 is 2.25 bits per heavy atom. The van der Waals surface area contributed by atoms with Crippen molar-refractivity contribution in [2.75, 3.05) is 50.3 Å². The van der Waals surface area contributed by atoms with E-state index in [9.17, 15) is 0 Å². The highest BCUT2D eigenvalue weighted by atomic mass is 16.5. The van der Waals surface area contributed by atoms with Crippen LogP contribution in [0.4, 0.5) is 11.5 Å². The van der Waals surface area contributed by atoms with E-state index in [0.717, 1.165) is 37.8 Å². The second kappa shape index (κ2) is 11.1. The monoisotopic (exact) mass is 545 g/mol. The second-order valence-electron chi connectivity index (χ2n) is 10.8. The lowest BCUT2D eigenvalue weighted by Crippen LogP contribution is -2.53. The molecule has 212 valence electrons. The number of benzene rings is 2. The van der Waals surface area contributed by atoms with Crippen LogP contribution >= 0.6 is 0 Å². The number of hydrazine groups is 1. The Morgan fingerprint density at radius 1 is 0.900 bits per heavy atom. The molecule has 3 heterocycles. The minimum Gasteiger partial charge on any atom is -0.493 e. The molecule has 11 heteroatoms. The van der Waals surface area contributed by atoms with Gasteiger partial charge in [0.25, 0.3) is 0 Å². The van der Waals surface area contributed by atoms with E-state index in [4.69, 9.17) is 20.9 Å². The molecule has 1 saturated carbocycles. The Kier molecular flexibility index (Phi) is 7.35. The van der Waals surface area contributed by atoms with Crippen LogP contribution in [0.3, 0.4) is 0 Å². The Morgan fingerprint density at radius 2 is 1.57 bits per heavy atom. The predicted octanol–water partition coefficient (Wildman–Crippen LogP) is 2.90. The van der Waals surface area contributed by atoms with Crippen molar-refractivity contribution in [2.24, 2.45) is 16.5 Å². The molecule has 2 aromatic carbocycles. The zero-order valence-electron chi connectivity index (χ0n) is 23.3. The number of aromatic nitrogens is 2. The molecule has 11 nitrogen and oxygen atoms in total. The lowest BCUT2D eigenvalue weighted by atomic mass is 10.1. The van der Waals surface area contributed by atoms with E-state index in [1.54, 1.807) is 25.3 Å². The molecule has 1 unspecified atom stereocenters. The van der Waals surface area contributed by atoms with E-state index in [1.165, 1.54) is 50.5 Å². The predicted molar refractivity (Wildman–Crippen MR) is 157 cm³/mol. The highest BCUT2D eigenvalue weighted by Crippen LogP contribution is 2.36. The highest BCUT2D eigenvalue weighted by Gasteiger charge is 2.38. The van der Waals surface area contributed by atoms with Gasteiger partial charge in [0.15, 0.2) is 17.3 Å². The molecule has 3 aliphatic rings. The molecule has 2 fully saturated rings. The van der Waals surface area contributed by atoms with Crippen molar-refractivity contribution < 1.29 is 9.47 Å². The van der Waals surface area contributed by atoms with Crippen molar-refractivity contribution in [3.63, 3.8) is 0 Å². The summed E-state index contributed by atoms with van der Waals surface area (Å²) in [7, 11) is 3.18. The summed E-state index contributed by atoms with van der Waals surface area (Å²) in [4.78, 5) is 18.6. The summed E-state index contributed by atoms with van der Waals surface area (Å²) < 4.78 is 10.9. The minimum absolute atomic E-state index is 0.205. The Balaban J connectivity index is 1.17. The maximum Gasteiger partial charge on any atom is 0.215 e. The number of nitrogens with zero attached hydrogens (tertiary/aromatic N) is 6. The lowest BCUT2D eigenvalue weighted by Gasteiger charge is -2.40. The first-order chi connectivity index (χ1) is 19.5.